The maximum absolute atomic E-state index is 13.6. The number of rotatable bonds is 10. The number of nitrogens with one attached hydrogen (secondary N) is 1. The number of hydrogen-bond donors (Lipinski definition) is 1. The molecule has 172 valence electrons. The zero-order valence-corrected chi connectivity index (χ0v) is 19.5. The summed E-state index contributed by atoms with van der Waals surface area (Å²) in [6, 6.07) is 14.1. The SMILES string of the molecule is COc1cc(C(=O)N(CC[C@H]2CCCN2)CC(C)=Cc2ccccc2)cc(OC)c1OC. The molecule has 1 fully saturated rings. The standard InChI is InChI=1S/C26H34N2O4/c1-19(15-20-9-6-5-7-10-20)18-28(14-12-22-11-8-13-27-22)26(29)21-16-23(30-2)25(32-4)24(17-21)31-3/h5-7,9-10,15-17,22,27H,8,11-14,18H2,1-4H3/t22-/m1/s1. The molecule has 1 aliphatic rings. The maximum Gasteiger partial charge on any atom is 0.254 e. The molecular formula is C26H34N2O4. The van der Waals surface area contributed by atoms with Gasteiger partial charge in [0.2, 0.25) is 5.75 Å². The van der Waals surface area contributed by atoms with Crippen molar-refractivity contribution in [1.82, 2.24) is 10.2 Å². The topological polar surface area (TPSA) is 60.0 Å². The predicted molar refractivity (Wildman–Crippen MR) is 128 cm³/mol. The summed E-state index contributed by atoms with van der Waals surface area (Å²) in [4.78, 5) is 15.5. The Morgan fingerprint density at radius 1 is 1.09 bits per heavy atom. The largest absolute Gasteiger partial charge is 0.493 e. The molecule has 2 aromatic carbocycles. The third-order valence-corrected chi connectivity index (χ3v) is 5.76. The molecule has 0 saturated carbocycles. The van der Waals surface area contributed by atoms with Crippen LogP contribution in [-0.2, 0) is 0 Å². The van der Waals surface area contributed by atoms with E-state index in [4.69, 9.17) is 14.2 Å². The van der Waals surface area contributed by atoms with Crippen LogP contribution in [0.15, 0.2) is 48.0 Å². The summed E-state index contributed by atoms with van der Waals surface area (Å²) in [5.74, 6) is 1.38. The zero-order chi connectivity index (χ0) is 22.9. The highest BCUT2D eigenvalue weighted by Crippen LogP contribution is 2.38. The van der Waals surface area contributed by atoms with Crippen molar-refractivity contribution < 1.29 is 19.0 Å². The molecule has 6 heteroatoms. The lowest BCUT2D eigenvalue weighted by Gasteiger charge is -2.25. The Morgan fingerprint density at radius 2 is 1.78 bits per heavy atom. The molecule has 0 aliphatic carbocycles. The van der Waals surface area contributed by atoms with Crippen molar-refractivity contribution in [2.75, 3.05) is 41.0 Å². The highest BCUT2D eigenvalue weighted by molar-refractivity contribution is 5.96. The van der Waals surface area contributed by atoms with E-state index in [1.165, 1.54) is 6.42 Å². The van der Waals surface area contributed by atoms with Gasteiger partial charge in [-0.05, 0) is 50.4 Å². The third-order valence-electron chi connectivity index (χ3n) is 5.76. The normalized spacial score (nSPS) is 16.0. The van der Waals surface area contributed by atoms with Gasteiger partial charge in [-0.1, -0.05) is 42.0 Å². The number of benzene rings is 2. The minimum Gasteiger partial charge on any atom is -0.493 e. The van der Waals surface area contributed by atoms with Gasteiger partial charge in [-0.15, -0.1) is 0 Å². The first kappa shape index (κ1) is 23.7. The summed E-state index contributed by atoms with van der Waals surface area (Å²) < 4.78 is 16.3. The van der Waals surface area contributed by atoms with Gasteiger partial charge in [0.15, 0.2) is 11.5 Å². The molecule has 0 aromatic heterocycles. The molecule has 1 aliphatic heterocycles. The van der Waals surface area contributed by atoms with Crippen LogP contribution in [0.2, 0.25) is 0 Å². The average Bonchev–Trinajstić information content (AvgIpc) is 3.34. The number of hydrogen-bond acceptors (Lipinski definition) is 5. The Labute approximate surface area is 191 Å². The number of carbonyl (C=O) groups is 1. The lowest BCUT2D eigenvalue weighted by molar-refractivity contribution is 0.0764. The van der Waals surface area contributed by atoms with E-state index in [1.54, 1.807) is 33.5 Å². The Kier molecular flexibility index (Phi) is 8.56. The van der Waals surface area contributed by atoms with Crippen molar-refractivity contribution in [3.63, 3.8) is 0 Å². The van der Waals surface area contributed by atoms with Gasteiger partial charge in [0.25, 0.3) is 5.91 Å². The second-order valence-electron chi connectivity index (χ2n) is 8.12. The number of ether oxygens (including phenoxy) is 3. The second-order valence-corrected chi connectivity index (χ2v) is 8.12. The number of amides is 1. The fraction of sp³-hybridized carbons (Fsp3) is 0.423. The molecule has 2 aromatic rings. The smallest absolute Gasteiger partial charge is 0.254 e. The van der Waals surface area contributed by atoms with Crippen LogP contribution in [0.5, 0.6) is 17.2 Å². The first-order valence-corrected chi connectivity index (χ1v) is 11.1. The molecule has 0 unspecified atom stereocenters. The van der Waals surface area contributed by atoms with Crippen LogP contribution in [0.4, 0.5) is 0 Å². The molecule has 1 amide bonds. The van der Waals surface area contributed by atoms with Gasteiger partial charge in [-0.3, -0.25) is 4.79 Å². The van der Waals surface area contributed by atoms with Crippen molar-refractivity contribution in [2.45, 2.75) is 32.2 Å². The number of carbonyl (C=O) groups excluding carboxylic acids is 1. The van der Waals surface area contributed by atoms with E-state index >= 15 is 0 Å². The summed E-state index contributed by atoms with van der Waals surface area (Å²) >= 11 is 0. The van der Waals surface area contributed by atoms with Crippen LogP contribution in [0, 0.1) is 0 Å². The first-order valence-electron chi connectivity index (χ1n) is 11.1. The summed E-state index contributed by atoms with van der Waals surface area (Å²) in [5, 5.41) is 3.53. The summed E-state index contributed by atoms with van der Waals surface area (Å²) in [6.07, 6.45) is 5.40. The highest BCUT2D eigenvalue weighted by Gasteiger charge is 2.23. The molecule has 32 heavy (non-hydrogen) atoms. The second kappa shape index (κ2) is 11.6. The molecule has 1 saturated heterocycles. The van der Waals surface area contributed by atoms with Crippen LogP contribution in [-0.4, -0.2) is 57.8 Å². The molecule has 1 atom stereocenters. The predicted octanol–water partition coefficient (Wildman–Crippen LogP) is 4.40. The maximum atomic E-state index is 13.6. The number of nitrogens with zero attached hydrogens (tertiary/aromatic N) is 1. The first-order chi connectivity index (χ1) is 15.5. The lowest BCUT2D eigenvalue weighted by Crippen LogP contribution is -2.36. The van der Waals surface area contributed by atoms with Crippen LogP contribution in [0.1, 0.15) is 42.1 Å². The van der Waals surface area contributed by atoms with Crippen molar-refractivity contribution in [3.05, 3.63) is 59.2 Å². The van der Waals surface area contributed by atoms with Gasteiger partial charge in [-0.2, -0.15) is 0 Å². The monoisotopic (exact) mass is 438 g/mol. The van der Waals surface area contributed by atoms with Crippen molar-refractivity contribution in [2.24, 2.45) is 0 Å². The average molecular weight is 439 g/mol. The highest BCUT2D eigenvalue weighted by atomic mass is 16.5. The van der Waals surface area contributed by atoms with Crippen molar-refractivity contribution >= 4 is 12.0 Å². The zero-order valence-electron chi connectivity index (χ0n) is 19.5. The Balaban J connectivity index is 1.86. The van der Waals surface area contributed by atoms with E-state index in [2.05, 4.69) is 30.4 Å². The molecule has 1 N–H and O–H groups in total. The van der Waals surface area contributed by atoms with Gasteiger partial charge in [-0.25, -0.2) is 0 Å². The van der Waals surface area contributed by atoms with Crippen LogP contribution in [0.3, 0.4) is 0 Å². The summed E-state index contributed by atoms with van der Waals surface area (Å²) in [7, 11) is 4.67. The quantitative estimate of drug-likeness (QED) is 0.596. The van der Waals surface area contributed by atoms with Crippen molar-refractivity contribution in [1.29, 1.82) is 0 Å². The van der Waals surface area contributed by atoms with E-state index in [1.807, 2.05) is 23.1 Å². The Morgan fingerprint density at radius 3 is 2.34 bits per heavy atom. The van der Waals surface area contributed by atoms with Crippen LogP contribution < -0.4 is 19.5 Å². The Bertz CT molecular complexity index is 896. The molecule has 0 spiro atoms. The van der Waals surface area contributed by atoms with Crippen LogP contribution >= 0.6 is 0 Å². The van der Waals surface area contributed by atoms with E-state index in [0.29, 0.717) is 41.9 Å². The fourth-order valence-electron chi connectivity index (χ4n) is 4.13. The Hall–Kier alpha value is -2.99. The molecule has 1 heterocycles. The molecular weight excluding hydrogens is 404 g/mol. The van der Waals surface area contributed by atoms with E-state index in [9.17, 15) is 4.79 Å². The summed E-state index contributed by atoms with van der Waals surface area (Å²) in [5.41, 5.74) is 2.77. The van der Waals surface area contributed by atoms with Gasteiger partial charge < -0.3 is 24.4 Å². The van der Waals surface area contributed by atoms with E-state index in [0.717, 1.165) is 30.5 Å². The van der Waals surface area contributed by atoms with E-state index in [-0.39, 0.29) is 5.91 Å². The van der Waals surface area contributed by atoms with E-state index < -0.39 is 0 Å². The lowest BCUT2D eigenvalue weighted by atomic mass is 10.1. The third kappa shape index (κ3) is 6.04. The minimum atomic E-state index is -0.0527. The number of methoxy groups -OCH3 is 3. The van der Waals surface area contributed by atoms with Gasteiger partial charge >= 0.3 is 0 Å². The summed E-state index contributed by atoms with van der Waals surface area (Å²) in [6.45, 7) is 4.35. The molecule has 6 nitrogen and oxygen atoms in total. The van der Waals surface area contributed by atoms with Crippen molar-refractivity contribution in [3.8, 4) is 17.2 Å². The minimum absolute atomic E-state index is 0.0527. The van der Waals surface area contributed by atoms with Gasteiger partial charge in [0.1, 0.15) is 0 Å². The van der Waals surface area contributed by atoms with Gasteiger partial charge in [0.05, 0.1) is 21.3 Å². The van der Waals surface area contributed by atoms with Crippen LogP contribution in [0.25, 0.3) is 6.08 Å². The van der Waals surface area contributed by atoms with Gasteiger partial charge in [0, 0.05) is 24.7 Å². The fourth-order valence-corrected chi connectivity index (χ4v) is 4.13. The molecule has 0 bridgehead atoms. The molecule has 3 rings (SSSR count). The molecule has 0 radical (unpaired) electrons.